The van der Waals surface area contributed by atoms with Crippen LogP contribution in [0.3, 0.4) is 0 Å². The number of para-hydroxylation sites is 1. The molecule has 0 unspecified atom stereocenters. The Kier molecular flexibility index (Phi) is 6.63. The second kappa shape index (κ2) is 8.95. The second-order valence-corrected chi connectivity index (χ2v) is 7.62. The summed E-state index contributed by atoms with van der Waals surface area (Å²) in [5.74, 6) is 0. The highest BCUT2D eigenvalue weighted by atomic mass is 19.4. The van der Waals surface area contributed by atoms with Gasteiger partial charge in [-0.05, 0) is 44.4 Å². The lowest BCUT2D eigenvalue weighted by atomic mass is 10.00. The number of nitrogens with zero attached hydrogens (tertiary/aromatic N) is 1. The van der Waals surface area contributed by atoms with Crippen LogP contribution in [-0.2, 0) is 6.18 Å². The molecule has 27 heavy (non-hydrogen) atoms. The van der Waals surface area contributed by atoms with Crippen LogP contribution in [0.2, 0.25) is 0 Å². The maximum atomic E-state index is 13.1. The van der Waals surface area contributed by atoms with E-state index in [1.54, 1.807) is 0 Å². The largest absolute Gasteiger partial charge is 0.418 e. The minimum atomic E-state index is -4.50. The maximum absolute atomic E-state index is 13.1. The number of nitrogens with one attached hydrogen (secondary N) is 2. The van der Waals surface area contributed by atoms with Gasteiger partial charge in [0.25, 0.3) is 0 Å². The Bertz CT molecular complexity index is 627. The van der Waals surface area contributed by atoms with Crippen LogP contribution in [0.25, 0.3) is 0 Å². The van der Waals surface area contributed by atoms with Gasteiger partial charge in [-0.15, -0.1) is 0 Å². The Morgan fingerprint density at radius 1 is 1.00 bits per heavy atom. The van der Waals surface area contributed by atoms with E-state index < -0.39 is 17.8 Å². The predicted octanol–water partition coefficient (Wildman–Crippen LogP) is 5.01. The quantitative estimate of drug-likeness (QED) is 0.721. The number of amides is 2. The molecule has 4 nitrogen and oxygen atoms in total. The molecule has 150 valence electrons. The highest BCUT2D eigenvalue weighted by molar-refractivity contribution is 5.90. The highest BCUT2D eigenvalue weighted by Gasteiger charge is 2.34. The van der Waals surface area contributed by atoms with E-state index in [0.717, 1.165) is 32.0 Å². The van der Waals surface area contributed by atoms with E-state index in [-0.39, 0.29) is 11.7 Å². The molecule has 2 fully saturated rings. The molecule has 2 amide bonds. The first-order valence-electron chi connectivity index (χ1n) is 9.91. The molecule has 1 saturated carbocycles. The van der Waals surface area contributed by atoms with E-state index in [1.165, 1.54) is 56.7 Å². The lowest BCUT2D eigenvalue weighted by molar-refractivity contribution is -0.136. The number of alkyl halides is 3. The fraction of sp³-hybridized carbons (Fsp3) is 0.650. The van der Waals surface area contributed by atoms with Gasteiger partial charge in [0, 0.05) is 18.6 Å². The summed E-state index contributed by atoms with van der Waals surface area (Å²) < 4.78 is 39.2. The molecule has 1 aliphatic heterocycles. The van der Waals surface area contributed by atoms with Crippen molar-refractivity contribution in [3.05, 3.63) is 29.8 Å². The normalized spacial score (nSPS) is 22.9. The van der Waals surface area contributed by atoms with E-state index in [2.05, 4.69) is 15.5 Å². The van der Waals surface area contributed by atoms with E-state index >= 15 is 0 Å². The zero-order valence-corrected chi connectivity index (χ0v) is 15.5. The molecule has 0 spiro atoms. The van der Waals surface area contributed by atoms with Gasteiger partial charge in [0.15, 0.2) is 0 Å². The molecule has 7 heteroatoms. The fourth-order valence-corrected chi connectivity index (χ4v) is 4.26. The number of hydrogen-bond acceptors (Lipinski definition) is 2. The second-order valence-electron chi connectivity index (χ2n) is 7.62. The molecule has 1 aliphatic carbocycles. The third-order valence-corrected chi connectivity index (χ3v) is 5.61. The molecule has 2 aliphatic rings. The van der Waals surface area contributed by atoms with E-state index in [9.17, 15) is 18.0 Å². The van der Waals surface area contributed by atoms with Gasteiger partial charge in [-0.25, -0.2) is 4.79 Å². The maximum Gasteiger partial charge on any atom is 0.418 e. The van der Waals surface area contributed by atoms with Crippen LogP contribution in [0.15, 0.2) is 24.3 Å². The summed E-state index contributed by atoms with van der Waals surface area (Å²) in [7, 11) is 0. The Morgan fingerprint density at radius 3 is 2.41 bits per heavy atom. The molecule has 1 aromatic carbocycles. The zero-order chi connectivity index (χ0) is 19.3. The third-order valence-electron chi connectivity index (χ3n) is 5.61. The number of carbonyl (C=O) groups excluding carboxylic acids is 1. The van der Waals surface area contributed by atoms with Crippen LogP contribution >= 0.6 is 0 Å². The molecule has 1 atom stereocenters. The van der Waals surface area contributed by atoms with E-state index in [1.807, 2.05) is 0 Å². The summed E-state index contributed by atoms with van der Waals surface area (Å²) >= 11 is 0. The summed E-state index contributed by atoms with van der Waals surface area (Å²) in [4.78, 5) is 14.8. The summed E-state index contributed by atoms with van der Waals surface area (Å²) in [6.45, 7) is 1.82. The van der Waals surface area contributed by atoms with E-state index in [4.69, 9.17) is 0 Å². The average molecular weight is 383 g/mol. The van der Waals surface area contributed by atoms with Crippen LogP contribution in [0.4, 0.5) is 23.7 Å². The van der Waals surface area contributed by atoms with Crippen molar-refractivity contribution < 1.29 is 18.0 Å². The fourth-order valence-electron chi connectivity index (χ4n) is 4.26. The number of piperidine rings is 1. The van der Waals surface area contributed by atoms with Gasteiger partial charge in [0.05, 0.1) is 11.3 Å². The Labute approximate surface area is 158 Å². The lowest BCUT2D eigenvalue weighted by Gasteiger charge is -2.38. The molecule has 2 N–H and O–H groups in total. The van der Waals surface area contributed by atoms with Gasteiger partial charge in [0.1, 0.15) is 0 Å². The van der Waals surface area contributed by atoms with Crippen molar-refractivity contribution in [1.82, 2.24) is 10.2 Å². The number of hydrogen-bond donors (Lipinski definition) is 2. The van der Waals surface area contributed by atoms with Crippen molar-refractivity contribution in [1.29, 1.82) is 0 Å². The number of urea groups is 1. The van der Waals surface area contributed by atoms with Crippen LogP contribution < -0.4 is 10.6 Å². The van der Waals surface area contributed by atoms with Crippen molar-refractivity contribution in [3.63, 3.8) is 0 Å². The van der Waals surface area contributed by atoms with Crippen LogP contribution in [0.1, 0.15) is 56.9 Å². The summed E-state index contributed by atoms with van der Waals surface area (Å²) in [6, 6.07) is 5.03. The monoisotopic (exact) mass is 383 g/mol. The Hall–Kier alpha value is -1.76. The molecule has 0 aromatic heterocycles. The summed E-state index contributed by atoms with van der Waals surface area (Å²) in [6.07, 6.45) is 4.89. The first-order valence-corrected chi connectivity index (χ1v) is 9.91. The topological polar surface area (TPSA) is 44.4 Å². The van der Waals surface area contributed by atoms with Crippen molar-refractivity contribution in [2.24, 2.45) is 0 Å². The number of carbonyl (C=O) groups is 1. The number of benzene rings is 1. The van der Waals surface area contributed by atoms with Crippen molar-refractivity contribution in [2.75, 3.05) is 18.4 Å². The van der Waals surface area contributed by atoms with Gasteiger partial charge in [-0.1, -0.05) is 37.8 Å². The minimum Gasteiger partial charge on any atom is -0.334 e. The predicted molar refractivity (Wildman–Crippen MR) is 99.7 cm³/mol. The molecular weight excluding hydrogens is 355 g/mol. The molecular formula is C20H28F3N3O. The molecule has 3 rings (SSSR count). The molecule has 1 heterocycles. The molecule has 0 bridgehead atoms. The standard InChI is InChI=1S/C20H28F3N3O/c21-20(22,23)17-11-5-6-12-18(17)25-19(27)24-15-8-7-13-26(14-15)16-9-3-1-2-4-10-16/h5-6,11-12,15-16H,1-4,7-10,13-14H2,(H2,24,25,27)/t15-/m0/s1. The average Bonchev–Trinajstić information content (AvgIpc) is 2.91. The van der Waals surface area contributed by atoms with E-state index in [0.29, 0.717) is 6.04 Å². The first-order chi connectivity index (χ1) is 12.9. The van der Waals surface area contributed by atoms with Gasteiger partial charge in [-0.2, -0.15) is 13.2 Å². The van der Waals surface area contributed by atoms with Gasteiger partial charge in [-0.3, -0.25) is 4.90 Å². The van der Waals surface area contributed by atoms with Crippen molar-refractivity contribution in [2.45, 2.75) is 69.6 Å². The van der Waals surface area contributed by atoms with Crippen LogP contribution in [0, 0.1) is 0 Å². The Balaban J connectivity index is 1.56. The van der Waals surface area contributed by atoms with Crippen molar-refractivity contribution >= 4 is 11.7 Å². The molecule has 0 radical (unpaired) electrons. The summed E-state index contributed by atoms with van der Waals surface area (Å²) in [5.41, 5.74) is -1.04. The number of likely N-dealkylation sites (tertiary alicyclic amines) is 1. The third kappa shape index (κ3) is 5.61. The number of anilines is 1. The van der Waals surface area contributed by atoms with Crippen LogP contribution in [0.5, 0.6) is 0 Å². The lowest BCUT2D eigenvalue weighted by Crippen LogP contribution is -2.51. The van der Waals surface area contributed by atoms with Crippen molar-refractivity contribution in [3.8, 4) is 0 Å². The number of halogens is 3. The smallest absolute Gasteiger partial charge is 0.334 e. The molecule has 1 aromatic rings. The minimum absolute atomic E-state index is 0.0277. The summed E-state index contributed by atoms with van der Waals surface area (Å²) in [5, 5.41) is 5.25. The SMILES string of the molecule is O=C(Nc1ccccc1C(F)(F)F)N[C@H]1CCCN(C2CCCCCC2)C1. The highest BCUT2D eigenvalue weighted by Crippen LogP contribution is 2.34. The first kappa shape index (κ1) is 20.0. The zero-order valence-electron chi connectivity index (χ0n) is 15.5. The van der Waals surface area contributed by atoms with Gasteiger partial charge in [0.2, 0.25) is 0 Å². The number of rotatable bonds is 3. The molecule has 1 saturated heterocycles. The van der Waals surface area contributed by atoms with Gasteiger partial charge >= 0.3 is 12.2 Å². The van der Waals surface area contributed by atoms with Crippen LogP contribution in [-0.4, -0.2) is 36.1 Å². The van der Waals surface area contributed by atoms with Gasteiger partial charge < -0.3 is 10.6 Å². The Morgan fingerprint density at radius 2 is 1.70 bits per heavy atom.